The maximum Gasteiger partial charge on any atom is 0.0151 e. The fourth-order valence-electron chi connectivity index (χ4n) is 1.17. The highest BCUT2D eigenvalue weighted by Crippen LogP contribution is 2.35. The Labute approximate surface area is 69.9 Å². The molecule has 0 aromatic rings. The van der Waals surface area contributed by atoms with Gasteiger partial charge in [0.2, 0.25) is 0 Å². The highest BCUT2D eigenvalue weighted by Gasteiger charge is 2.25. The first-order valence-corrected chi connectivity index (χ1v) is 5.77. The van der Waals surface area contributed by atoms with Crippen molar-refractivity contribution in [2.45, 2.75) is 24.1 Å². The molecule has 2 heteroatoms. The largest absolute Gasteiger partial charge is 0.165 e. The van der Waals surface area contributed by atoms with Crippen LogP contribution in [0.2, 0.25) is 0 Å². The topological polar surface area (TPSA) is 0 Å². The SMILES string of the molecule is CSCCC1CC(Br)C1. The van der Waals surface area contributed by atoms with Gasteiger partial charge in [0.15, 0.2) is 0 Å². The smallest absolute Gasteiger partial charge is 0.0151 e. The van der Waals surface area contributed by atoms with E-state index in [0.29, 0.717) is 0 Å². The summed E-state index contributed by atoms with van der Waals surface area (Å²) in [5.74, 6) is 2.39. The van der Waals surface area contributed by atoms with E-state index in [9.17, 15) is 0 Å². The summed E-state index contributed by atoms with van der Waals surface area (Å²) in [6, 6.07) is 0. The molecule has 1 aliphatic rings. The van der Waals surface area contributed by atoms with E-state index in [4.69, 9.17) is 0 Å². The lowest BCUT2D eigenvalue weighted by atomic mass is 9.83. The molecule has 1 fully saturated rings. The van der Waals surface area contributed by atoms with Gasteiger partial charge in [-0.05, 0) is 37.2 Å². The fourth-order valence-corrected chi connectivity index (χ4v) is 2.80. The maximum atomic E-state index is 3.59. The van der Waals surface area contributed by atoms with Crippen LogP contribution in [-0.2, 0) is 0 Å². The van der Waals surface area contributed by atoms with Crippen LogP contribution in [0, 0.1) is 5.92 Å². The summed E-state index contributed by atoms with van der Waals surface area (Å²) in [6.45, 7) is 0. The summed E-state index contributed by atoms with van der Waals surface area (Å²) in [7, 11) is 0. The van der Waals surface area contributed by atoms with Gasteiger partial charge in [-0.2, -0.15) is 11.8 Å². The summed E-state index contributed by atoms with van der Waals surface area (Å²) >= 11 is 5.55. The molecule has 0 amide bonds. The maximum absolute atomic E-state index is 3.59. The molecule has 0 saturated heterocycles. The average Bonchev–Trinajstić information content (AvgIpc) is 1.78. The summed E-state index contributed by atoms with van der Waals surface area (Å²) in [5.41, 5.74) is 0. The minimum absolute atomic E-state index is 0.851. The van der Waals surface area contributed by atoms with Gasteiger partial charge in [0.1, 0.15) is 0 Å². The lowest BCUT2D eigenvalue weighted by molar-refractivity contribution is 0.326. The van der Waals surface area contributed by atoms with Gasteiger partial charge in [0.05, 0.1) is 0 Å². The molecule has 54 valence electrons. The van der Waals surface area contributed by atoms with Crippen LogP contribution in [0.4, 0.5) is 0 Å². The van der Waals surface area contributed by atoms with Crippen LogP contribution in [0.25, 0.3) is 0 Å². The van der Waals surface area contributed by atoms with Crippen molar-refractivity contribution in [3.8, 4) is 0 Å². The van der Waals surface area contributed by atoms with E-state index in [2.05, 4.69) is 22.2 Å². The molecule has 0 heterocycles. The van der Waals surface area contributed by atoms with Gasteiger partial charge in [-0.25, -0.2) is 0 Å². The first kappa shape index (κ1) is 7.93. The number of thioether (sulfide) groups is 1. The fraction of sp³-hybridized carbons (Fsp3) is 1.00. The molecule has 0 aromatic carbocycles. The van der Waals surface area contributed by atoms with Gasteiger partial charge in [-0.3, -0.25) is 0 Å². The number of alkyl halides is 1. The van der Waals surface area contributed by atoms with E-state index < -0.39 is 0 Å². The van der Waals surface area contributed by atoms with Crippen LogP contribution >= 0.6 is 27.7 Å². The minimum atomic E-state index is 0.851. The molecule has 0 atom stereocenters. The molecule has 0 aromatic heterocycles. The Bertz CT molecular complexity index is 79.0. The molecule has 1 aliphatic carbocycles. The molecule has 0 bridgehead atoms. The van der Waals surface area contributed by atoms with Gasteiger partial charge >= 0.3 is 0 Å². The van der Waals surface area contributed by atoms with Crippen molar-refractivity contribution >= 4 is 27.7 Å². The zero-order valence-corrected chi connectivity index (χ0v) is 8.17. The number of halogens is 1. The van der Waals surface area contributed by atoms with Gasteiger partial charge in [0, 0.05) is 4.83 Å². The summed E-state index contributed by atoms with van der Waals surface area (Å²) in [4.78, 5) is 0.851. The quantitative estimate of drug-likeness (QED) is 0.644. The summed E-state index contributed by atoms with van der Waals surface area (Å²) in [6.07, 6.45) is 6.45. The van der Waals surface area contributed by atoms with Crippen LogP contribution in [-0.4, -0.2) is 16.8 Å². The lowest BCUT2D eigenvalue weighted by Crippen LogP contribution is -2.23. The third-order valence-electron chi connectivity index (χ3n) is 1.91. The number of hydrogen-bond donors (Lipinski definition) is 0. The molecular weight excluding hydrogens is 196 g/mol. The minimum Gasteiger partial charge on any atom is -0.165 e. The van der Waals surface area contributed by atoms with Gasteiger partial charge < -0.3 is 0 Å². The highest BCUT2D eigenvalue weighted by atomic mass is 79.9. The van der Waals surface area contributed by atoms with Crippen LogP contribution in [0.15, 0.2) is 0 Å². The van der Waals surface area contributed by atoms with Crippen LogP contribution in [0.3, 0.4) is 0 Å². The molecule has 0 radical (unpaired) electrons. The first-order chi connectivity index (χ1) is 4.33. The van der Waals surface area contributed by atoms with Crippen molar-refractivity contribution < 1.29 is 0 Å². The Kier molecular flexibility index (Phi) is 3.41. The van der Waals surface area contributed by atoms with E-state index >= 15 is 0 Å². The Hall–Kier alpha value is 0.830. The molecule has 0 nitrogen and oxygen atoms in total. The van der Waals surface area contributed by atoms with E-state index in [1.54, 1.807) is 0 Å². The van der Waals surface area contributed by atoms with Crippen molar-refractivity contribution in [3.63, 3.8) is 0 Å². The Morgan fingerprint density at radius 1 is 1.56 bits per heavy atom. The zero-order chi connectivity index (χ0) is 6.69. The van der Waals surface area contributed by atoms with Gasteiger partial charge in [0.25, 0.3) is 0 Å². The molecule has 0 spiro atoms. The molecule has 1 rings (SSSR count). The van der Waals surface area contributed by atoms with E-state index in [-0.39, 0.29) is 0 Å². The molecule has 1 saturated carbocycles. The monoisotopic (exact) mass is 208 g/mol. The second-order valence-corrected chi connectivity index (χ2v) is 5.00. The van der Waals surface area contributed by atoms with Crippen LogP contribution < -0.4 is 0 Å². The first-order valence-electron chi connectivity index (χ1n) is 3.46. The van der Waals surface area contributed by atoms with Gasteiger partial charge in [-0.1, -0.05) is 15.9 Å². The average molecular weight is 209 g/mol. The third kappa shape index (κ3) is 2.50. The molecule has 9 heavy (non-hydrogen) atoms. The molecule has 0 aliphatic heterocycles. The van der Waals surface area contributed by atoms with Crippen LogP contribution in [0.1, 0.15) is 19.3 Å². The van der Waals surface area contributed by atoms with E-state index in [1.165, 1.54) is 25.0 Å². The van der Waals surface area contributed by atoms with Crippen molar-refractivity contribution in [1.82, 2.24) is 0 Å². The van der Waals surface area contributed by atoms with Crippen molar-refractivity contribution in [2.24, 2.45) is 5.92 Å². The normalized spacial score (nSPS) is 34.0. The molecular formula is C7H13BrS. The van der Waals surface area contributed by atoms with Crippen molar-refractivity contribution in [1.29, 1.82) is 0 Å². The molecule has 0 N–H and O–H groups in total. The molecule has 0 unspecified atom stereocenters. The Balaban J connectivity index is 1.91. The predicted molar refractivity (Wildman–Crippen MR) is 48.4 cm³/mol. The summed E-state index contributed by atoms with van der Waals surface area (Å²) < 4.78 is 0. The van der Waals surface area contributed by atoms with Crippen LogP contribution in [0.5, 0.6) is 0 Å². The Morgan fingerprint density at radius 3 is 2.67 bits per heavy atom. The zero-order valence-electron chi connectivity index (χ0n) is 5.77. The standard InChI is InChI=1S/C7H13BrS/c1-9-3-2-6-4-7(8)5-6/h6-7H,2-5H2,1H3. The second kappa shape index (κ2) is 3.87. The van der Waals surface area contributed by atoms with E-state index in [1.807, 2.05) is 11.8 Å². The number of hydrogen-bond acceptors (Lipinski definition) is 1. The van der Waals surface area contributed by atoms with E-state index in [0.717, 1.165) is 10.7 Å². The van der Waals surface area contributed by atoms with Crippen molar-refractivity contribution in [2.75, 3.05) is 12.0 Å². The Morgan fingerprint density at radius 2 is 2.22 bits per heavy atom. The van der Waals surface area contributed by atoms with Gasteiger partial charge in [-0.15, -0.1) is 0 Å². The second-order valence-electron chi connectivity index (χ2n) is 2.72. The predicted octanol–water partition coefficient (Wildman–Crippen LogP) is 2.91. The number of rotatable bonds is 3. The lowest BCUT2D eigenvalue weighted by Gasteiger charge is -2.30. The third-order valence-corrected chi connectivity index (χ3v) is 3.30. The van der Waals surface area contributed by atoms with Crippen molar-refractivity contribution in [3.05, 3.63) is 0 Å². The highest BCUT2D eigenvalue weighted by molar-refractivity contribution is 9.09. The summed E-state index contributed by atoms with van der Waals surface area (Å²) in [5, 5.41) is 0.